The molecule has 0 aromatic heterocycles. The monoisotopic (exact) mass is 287 g/mol. The number of aryl methyl sites for hydroxylation is 1. The number of benzene rings is 2. The lowest BCUT2D eigenvalue weighted by atomic mass is 9.93. The minimum absolute atomic E-state index is 0.125. The van der Waals surface area contributed by atoms with Crippen LogP contribution < -0.4 is 10.1 Å². The summed E-state index contributed by atoms with van der Waals surface area (Å²) in [6.45, 7) is 2.87. The normalized spacial score (nSPS) is 14.8. The molecule has 2 aromatic carbocycles. The van der Waals surface area contributed by atoms with Crippen LogP contribution in [-0.4, -0.2) is 13.7 Å². The van der Waals surface area contributed by atoms with E-state index in [0.29, 0.717) is 0 Å². The number of ether oxygens (including phenoxy) is 1. The topological polar surface area (TPSA) is 21.3 Å². The quantitative estimate of drug-likeness (QED) is 0.925. The van der Waals surface area contributed by atoms with Gasteiger partial charge in [-0.2, -0.15) is 0 Å². The van der Waals surface area contributed by atoms with Gasteiger partial charge in [0.25, 0.3) is 0 Å². The summed E-state index contributed by atoms with van der Waals surface area (Å²) in [4.78, 5) is 0. The van der Waals surface area contributed by atoms with Gasteiger partial charge in [0.15, 0.2) is 0 Å². The number of hydrogen-bond donors (Lipinski definition) is 1. The van der Waals surface area contributed by atoms with Crippen LogP contribution in [0.2, 0.25) is 5.02 Å². The van der Waals surface area contributed by atoms with Gasteiger partial charge >= 0.3 is 0 Å². The van der Waals surface area contributed by atoms with Gasteiger partial charge in [-0.3, -0.25) is 0 Å². The van der Waals surface area contributed by atoms with Crippen molar-refractivity contribution in [1.29, 1.82) is 0 Å². The van der Waals surface area contributed by atoms with Gasteiger partial charge in [-0.15, -0.1) is 0 Å². The van der Waals surface area contributed by atoms with E-state index in [4.69, 9.17) is 16.3 Å². The fourth-order valence-corrected chi connectivity index (χ4v) is 3.14. The highest BCUT2D eigenvalue weighted by Gasteiger charge is 2.23. The third-order valence-corrected chi connectivity index (χ3v) is 4.12. The van der Waals surface area contributed by atoms with Crippen molar-refractivity contribution in [1.82, 2.24) is 5.32 Å². The molecule has 3 rings (SSSR count). The Kier molecular flexibility index (Phi) is 3.68. The smallest absolute Gasteiger partial charge is 0.127 e. The molecule has 0 aliphatic carbocycles. The fraction of sp³-hybridized carbons (Fsp3) is 0.294. The first kappa shape index (κ1) is 13.5. The first-order valence-electron chi connectivity index (χ1n) is 6.88. The lowest BCUT2D eigenvalue weighted by molar-refractivity contribution is 0.351. The van der Waals surface area contributed by atoms with Gasteiger partial charge in [0.05, 0.1) is 12.6 Å². The third-order valence-electron chi connectivity index (χ3n) is 3.89. The van der Waals surface area contributed by atoms with Crippen molar-refractivity contribution in [3.05, 3.63) is 63.7 Å². The summed E-state index contributed by atoms with van der Waals surface area (Å²) >= 11 is 6.06. The lowest BCUT2D eigenvalue weighted by Gasteiger charge is -2.21. The number of hydrogen-bond acceptors (Lipinski definition) is 2. The van der Waals surface area contributed by atoms with E-state index < -0.39 is 0 Å². The maximum Gasteiger partial charge on any atom is 0.127 e. The zero-order valence-corrected chi connectivity index (χ0v) is 12.5. The van der Waals surface area contributed by atoms with E-state index in [-0.39, 0.29) is 6.04 Å². The molecule has 1 atom stereocenters. The van der Waals surface area contributed by atoms with Gasteiger partial charge in [0, 0.05) is 17.0 Å². The van der Waals surface area contributed by atoms with Gasteiger partial charge in [0.1, 0.15) is 5.75 Å². The van der Waals surface area contributed by atoms with Crippen molar-refractivity contribution in [3.63, 3.8) is 0 Å². The predicted octanol–water partition coefficient (Wildman–Crippen LogP) is 3.89. The van der Waals surface area contributed by atoms with Gasteiger partial charge in [-0.05, 0) is 42.8 Å². The van der Waals surface area contributed by atoms with E-state index in [1.165, 1.54) is 22.3 Å². The maximum absolute atomic E-state index is 6.06. The Morgan fingerprint density at radius 1 is 1.20 bits per heavy atom. The van der Waals surface area contributed by atoms with E-state index >= 15 is 0 Å². The molecule has 20 heavy (non-hydrogen) atoms. The lowest BCUT2D eigenvalue weighted by Crippen LogP contribution is -2.19. The molecule has 1 unspecified atom stereocenters. The molecular formula is C17H18ClNO. The van der Waals surface area contributed by atoms with Crippen LogP contribution in [0.1, 0.15) is 28.3 Å². The molecule has 0 spiro atoms. The number of nitrogens with one attached hydrogen (secondary N) is 1. The molecule has 1 N–H and O–H groups in total. The highest BCUT2D eigenvalue weighted by molar-refractivity contribution is 6.30. The molecule has 0 fully saturated rings. The molecular weight excluding hydrogens is 270 g/mol. The second-order valence-corrected chi connectivity index (χ2v) is 5.59. The summed E-state index contributed by atoms with van der Waals surface area (Å²) in [5.41, 5.74) is 4.93. The molecule has 1 heterocycles. The second-order valence-electron chi connectivity index (χ2n) is 5.16. The van der Waals surface area contributed by atoms with E-state index in [2.05, 4.69) is 36.5 Å². The van der Waals surface area contributed by atoms with Crippen LogP contribution in [0.4, 0.5) is 0 Å². The molecule has 0 saturated heterocycles. The van der Waals surface area contributed by atoms with E-state index in [9.17, 15) is 0 Å². The fourth-order valence-electron chi connectivity index (χ4n) is 2.91. The predicted molar refractivity (Wildman–Crippen MR) is 82.7 cm³/mol. The third kappa shape index (κ3) is 2.30. The van der Waals surface area contributed by atoms with Gasteiger partial charge < -0.3 is 10.1 Å². The van der Waals surface area contributed by atoms with Gasteiger partial charge in [-0.25, -0.2) is 0 Å². The Labute approximate surface area is 124 Å². The first-order chi connectivity index (χ1) is 9.70. The Morgan fingerprint density at radius 2 is 2.05 bits per heavy atom. The first-order valence-corrected chi connectivity index (χ1v) is 7.26. The van der Waals surface area contributed by atoms with Crippen LogP contribution >= 0.6 is 11.6 Å². The summed E-state index contributed by atoms with van der Waals surface area (Å²) < 4.78 is 5.83. The zero-order chi connectivity index (χ0) is 14.1. The molecule has 0 amide bonds. The minimum Gasteiger partial charge on any atom is -0.493 e. The number of fused-ring (bicyclic) bond motifs is 1. The van der Waals surface area contributed by atoms with Crippen LogP contribution in [-0.2, 0) is 6.42 Å². The summed E-state index contributed by atoms with van der Waals surface area (Å²) in [5.74, 6) is 1.04. The number of para-hydroxylation sites is 1. The molecule has 1 aliphatic rings. The van der Waals surface area contributed by atoms with Gasteiger partial charge in [-0.1, -0.05) is 35.9 Å². The Morgan fingerprint density at radius 3 is 2.80 bits per heavy atom. The molecule has 0 saturated carbocycles. The second kappa shape index (κ2) is 5.47. The standard InChI is InChI=1S/C17H18ClNO/c1-11-10-13(18)6-7-14(11)16(19-2)15-5-3-4-12-8-9-20-17(12)15/h3-7,10,16,19H,8-9H2,1-2H3. The summed E-state index contributed by atoms with van der Waals surface area (Å²) in [7, 11) is 1.98. The Bertz CT molecular complexity index is 639. The number of halogens is 1. The van der Waals surface area contributed by atoms with Crippen molar-refractivity contribution in [2.75, 3.05) is 13.7 Å². The summed E-state index contributed by atoms with van der Waals surface area (Å²) in [6, 6.07) is 12.6. The van der Waals surface area contributed by atoms with Crippen LogP contribution in [0, 0.1) is 6.92 Å². The highest BCUT2D eigenvalue weighted by atomic mass is 35.5. The molecule has 0 radical (unpaired) electrons. The molecule has 2 aromatic rings. The summed E-state index contributed by atoms with van der Waals surface area (Å²) in [5, 5.41) is 4.18. The molecule has 1 aliphatic heterocycles. The minimum atomic E-state index is 0.125. The average Bonchev–Trinajstić information content (AvgIpc) is 2.91. The van der Waals surface area contributed by atoms with E-state index in [1.54, 1.807) is 0 Å². The zero-order valence-electron chi connectivity index (χ0n) is 11.7. The van der Waals surface area contributed by atoms with Crippen molar-refractivity contribution in [2.24, 2.45) is 0 Å². The largest absolute Gasteiger partial charge is 0.493 e. The highest BCUT2D eigenvalue weighted by Crippen LogP contribution is 2.37. The van der Waals surface area contributed by atoms with Crippen molar-refractivity contribution >= 4 is 11.6 Å². The van der Waals surface area contributed by atoms with Crippen molar-refractivity contribution in [2.45, 2.75) is 19.4 Å². The molecule has 3 heteroatoms. The Balaban J connectivity index is 2.09. The summed E-state index contributed by atoms with van der Waals surface area (Å²) in [6.07, 6.45) is 0.999. The molecule has 0 bridgehead atoms. The van der Waals surface area contributed by atoms with Crippen molar-refractivity contribution in [3.8, 4) is 5.75 Å². The van der Waals surface area contributed by atoms with Crippen LogP contribution in [0.25, 0.3) is 0 Å². The Hall–Kier alpha value is -1.51. The van der Waals surface area contributed by atoms with Crippen LogP contribution in [0.3, 0.4) is 0 Å². The maximum atomic E-state index is 6.06. The van der Waals surface area contributed by atoms with Crippen LogP contribution in [0.15, 0.2) is 36.4 Å². The van der Waals surface area contributed by atoms with E-state index in [1.807, 2.05) is 19.2 Å². The molecule has 104 valence electrons. The van der Waals surface area contributed by atoms with Crippen molar-refractivity contribution < 1.29 is 4.74 Å². The number of rotatable bonds is 3. The van der Waals surface area contributed by atoms with Gasteiger partial charge in [0.2, 0.25) is 0 Å². The average molecular weight is 288 g/mol. The SMILES string of the molecule is CNC(c1ccc(Cl)cc1C)c1cccc2c1OCC2. The molecule has 2 nitrogen and oxygen atoms in total. The van der Waals surface area contributed by atoms with Crippen LogP contribution in [0.5, 0.6) is 5.75 Å². The van der Waals surface area contributed by atoms with E-state index in [0.717, 1.165) is 23.8 Å².